The molecule has 1 aromatic carbocycles. The second-order valence-corrected chi connectivity index (χ2v) is 12.1. The zero-order valence-corrected chi connectivity index (χ0v) is 19.9. The fraction of sp³-hybridized carbons (Fsp3) is 0.682. The Hall–Kier alpha value is -1.61. The van der Waals surface area contributed by atoms with Gasteiger partial charge >= 0.3 is 5.97 Å². The first-order valence-corrected chi connectivity index (χ1v) is 13.4. The molecule has 0 saturated carbocycles. The van der Waals surface area contributed by atoms with Gasteiger partial charge in [-0.1, -0.05) is 26.8 Å². The van der Waals surface area contributed by atoms with Gasteiger partial charge in [0.1, 0.15) is 11.5 Å². The number of rotatable bonds is 13. The van der Waals surface area contributed by atoms with E-state index in [0.29, 0.717) is 37.7 Å². The van der Waals surface area contributed by atoms with Crippen LogP contribution in [0.15, 0.2) is 18.2 Å². The highest BCUT2D eigenvalue weighted by Gasteiger charge is 2.42. The number of carbonyl (C=O) groups is 1. The Morgan fingerprint density at radius 2 is 1.87 bits per heavy atom. The lowest BCUT2D eigenvalue weighted by Crippen LogP contribution is -2.51. The fourth-order valence-corrected chi connectivity index (χ4v) is 6.45. The van der Waals surface area contributed by atoms with Gasteiger partial charge in [0.25, 0.3) is 0 Å². The molecule has 1 aliphatic rings. The topological polar surface area (TPSA) is 72.5 Å². The zero-order valence-electron chi connectivity index (χ0n) is 18.9. The van der Waals surface area contributed by atoms with Gasteiger partial charge in [-0.3, -0.25) is 0 Å². The van der Waals surface area contributed by atoms with Crippen LogP contribution in [-0.2, 0) is 29.9 Å². The number of carbonyl (C=O) groups excluding carboxylic acids is 1. The lowest BCUT2D eigenvalue weighted by Gasteiger charge is -2.39. The van der Waals surface area contributed by atoms with Crippen molar-refractivity contribution in [2.45, 2.75) is 64.5 Å². The molecule has 170 valence electrons. The second kappa shape index (κ2) is 12.3. The Balaban J connectivity index is 2.16. The maximum Gasteiger partial charge on any atom is 0.350 e. The largest absolute Gasteiger partial charge is 0.476 e. The smallest absolute Gasteiger partial charge is 0.350 e. The van der Waals surface area contributed by atoms with Crippen molar-refractivity contribution in [2.75, 3.05) is 33.7 Å². The monoisotopic (exact) mass is 440 g/mol. The van der Waals surface area contributed by atoms with Crippen LogP contribution in [0, 0.1) is 0 Å². The first-order chi connectivity index (χ1) is 14.5. The van der Waals surface area contributed by atoms with E-state index in [-0.39, 0.29) is 18.9 Å². The molecule has 0 saturated heterocycles. The third-order valence-corrected chi connectivity index (χ3v) is 10.3. The first kappa shape index (κ1) is 24.7. The van der Waals surface area contributed by atoms with Gasteiger partial charge in [0.2, 0.25) is 6.10 Å². The molecule has 0 amide bonds. The molecule has 1 heterocycles. The molecule has 0 spiro atoms. The van der Waals surface area contributed by atoms with Gasteiger partial charge in [0.15, 0.2) is 15.1 Å². The predicted octanol–water partition coefficient (Wildman–Crippen LogP) is 3.94. The van der Waals surface area contributed by atoms with Crippen LogP contribution in [-0.4, -0.2) is 60.2 Å². The SMILES string of the molecule is CCOC(=O)[C@H]1Oc2cc(OCOCCOC)ccc2C[C@@H]1O[Si](CC)(CC)CC. The highest BCUT2D eigenvalue weighted by atomic mass is 28.4. The Morgan fingerprint density at radius 1 is 1.13 bits per heavy atom. The summed E-state index contributed by atoms with van der Waals surface area (Å²) < 4.78 is 33.9. The fourth-order valence-electron chi connectivity index (χ4n) is 3.60. The summed E-state index contributed by atoms with van der Waals surface area (Å²) in [7, 11) is -0.295. The molecule has 30 heavy (non-hydrogen) atoms. The van der Waals surface area contributed by atoms with Crippen LogP contribution in [0.25, 0.3) is 0 Å². The quantitative estimate of drug-likeness (QED) is 0.199. The van der Waals surface area contributed by atoms with Gasteiger partial charge < -0.3 is 28.1 Å². The molecule has 0 fully saturated rings. The van der Waals surface area contributed by atoms with Crippen molar-refractivity contribution in [3.8, 4) is 11.5 Å². The minimum atomic E-state index is -1.92. The second-order valence-electron chi connectivity index (χ2n) is 7.33. The molecule has 2 rings (SSSR count). The Morgan fingerprint density at radius 3 is 2.50 bits per heavy atom. The first-order valence-electron chi connectivity index (χ1n) is 10.9. The lowest BCUT2D eigenvalue weighted by molar-refractivity contribution is -0.157. The van der Waals surface area contributed by atoms with Gasteiger partial charge in [-0.2, -0.15) is 0 Å². The average molecular weight is 441 g/mol. The molecule has 0 aromatic heterocycles. The van der Waals surface area contributed by atoms with Gasteiger partial charge in [-0.05, 0) is 36.7 Å². The van der Waals surface area contributed by atoms with Crippen molar-refractivity contribution in [3.05, 3.63) is 23.8 Å². The summed E-state index contributed by atoms with van der Waals surface area (Å²) in [5.74, 6) is 0.861. The number of benzene rings is 1. The number of hydrogen-bond acceptors (Lipinski definition) is 7. The molecule has 0 unspecified atom stereocenters. The molecule has 0 aliphatic carbocycles. The van der Waals surface area contributed by atoms with E-state index in [9.17, 15) is 4.79 Å². The molecule has 0 N–H and O–H groups in total. The van der Waals surface area contributed by atoms with E-state index in [0.717, 1.165) is 23.7 Å². The lowest BCUT2D eigenvalue weighted by atomic mass is 9.99. The Kier molecular flexibility index (Phi) is 10.1. The minimum absolute atomic E-state index is 0.118. The zero-order chi connectivity index (χ0) is 22.0. The number of esters is 1. The molecule has 2 atom stereocenters. The summed E-state index contributed by atoms with van der Waals surface area (Å²) in [5, 5.41) is 0. The van der Waals surface area contributed by atoms with Crippen LogP contribution in [0.1, 0.15) is 33.3 Å². The van der Waals surface area contributed by atoms with Crippen molar-refractivity contribution < 1.29 is 32.9 Å². The van der Waals surface area contributed by atoms with Crippen LogP contribution < -0.4 is 9.47 Å². The molecule has 0 bridgehead atoms. The van der Waals surface area contributed by atoms with Crippen molar-refractivity contribution >= 4 is 14.3 Å². The van der Waals surface area contributed by atoms with Crippen molar-refractivity contribution in [3.63, 3.8) is 0 Å². The summed E-state index contributed by atoms with van der Waals surface area (Å²) in [6.45, 7) is 9.71. The van der Waals surface area contributed by atoms with Gasteiger partial charge in [-0.25, -0.2) is 4.79 Å². The van der Waals surface area contributed by atoms with E-state index in [1.807, 2.05) is 12.1 Å². The molecular formula is C22H36O7Si. The highest BCUT2D eigenvalue weighted by molar-refractivity contribution is 6.73. The minimum Gasteiger partial charge on any atom is -0.476 e. The summed E-state index contributed by atoms with van der Waals surface area (Å²) in [6.07, 6.45) is -0.507. The number of hydrogen-bond donors (Lipinski definition) is 0. The molecule has 7 nitrogen and oxygen atoms in total. The number of ether oxygens (including phenoxy) is 5. The maximum atomic E-state index is 12.7. The van der Waals surface area contributed by atoms with E-state index in [1.54, 1.807) is 20.1 Å². The molecule has 0 radical (unpaired) electrons. The summed E-state index contributed by atoms with van der Waals surface area (Å²) >= 11 is 0. The number of fused-ring (bicyclic) bond motifs is 1. The molecule has 1 aliphatic heterocycles. The van der Waals surface area contributed by atoms with Crippen LogP contribution in [0.2, 0.25) is 18.1 Å². The van der Waals surface area contributed by atoms with Crippen LogP contribution in [0.3, 0.4) is 0 Å². The third-order valence-electron chi connectivity index (χ3n) is 5.65. The maximum absolute atomic E-state index is 12.7. The standard InChI is InChI=1S/C22H36O7Si/c1-6-26-22(23)21-20(29-30(7-2,8-3)9-4)14-17-10-11-18(15-19(17)28-21)27-16-25-13-12-24-5/h10-11,15,20-21H,6-9,12-14,16H2,1-5H3/t20-,21-/m0/s1. The highest BCUT2D eigenvalue weighted by Crippen LogP contribution is 2.35. The number of methoxy groups -OCH3 is 1. The van der Waals surface area contributed by atoms with E-state index < -0.39 is 14.4 Å². The van der Waals surface area contributed by atoms with Crippen LogP contribution >= 0.6 is 0 Å². The van der Waals surface area contributed by atoms with E-state index in [1.165, 1.54) is 0 Å². The Labute approximate surface area is 181 Å². The van der Waals surface area contributed by atoms with Crippen molar-refractivity contribution in [1.82, 2.24) is 0 Å². The van der Waals surface area contributed by atoms with Crippen LogP contribution in [0.4, 0.5) is 0 Å². The summed E-state index contributed by atoms with van der Waals surface area (Å²) in [6, 6.07) is 8.66. The summed E-state index contributed by atoms with van der Waals surface area (Å²) in [5.41, 5.74) is 0.999. The van der Waals surface area contributed by atoms with Crippen molar-refractivity contribution in [1.29, 1.82) is 0 Å². The van der Waals surface area contributed by atoms with E-state index >= 15 is 0 Å². The Bertz CT molecular complexity index is 655. The van der Waals surface area contributed by atoms with Crippen molar-refractivity contribution in [2.24, 2.45) is 0 Å². The molecular weight excluding hydrogens is 404 g/mol. The molecule has 1 aromatic rings. The summed E-state index contributed by atoms with van der Waals surface area (Å²) in [4.78, 5) is 12.7. The van der Waals surface area contributed by atoms with Crippen LogP contribution in [0.5, 0.6) is 11.5 Å². The van der Waals surface area contributed by atoms with Gasteiger partial charge in [0, 0.05) is 19.6 Å². The predicted molar refractivity (Wildman–Crippen MR) is 117 cm³/mol. The van der Waals surface area contributed by atoms with E-state index in [4.69, 9.17) is 28.1 Å². The van der Waals surface area contributed by atoms with Gasteiger partial charge in [0.05, 0.1) is 25.9 Å². The average Bonchev–Trinajstić information content (AvgIpc) is 2.77. The third kappa shape index (κ3) is 6.44. The van der Waals surface area contributed by atoms with Gasteiger partial charge in [-0.15, -0.1) is 0 Å². The van der Waals surface area contributed by atoms with E-state index in [2.05, 4.69) is 20.8 Å². The molecule has 8 heteroatoms. The normalized spacial score (nSPS) is 18.4.